The zero-order valence-electron chi connectivity index (χ0n) is 8.78. The molecule has 0 fully saturated rings. The minimum absolute atomic E-state index is 0.0775. The van der Waals surface area contributed by atoms with E-state index in [2.05, 4.69) is 5.32 Å². The summed E-state index contributed by atoms with van der Waals surface area (Å²) in [5.74, 6) is 0.0775. The van der Waals surface area contributed by atoms with Crippen molar-refractivity contribution in [2.24, 2.45) is 0 Å². The fourth-order valence-corrected chi connectivity index (χ4v) is 1.19. The van der Waals surface area contributed by atoms with E-state index in [4.69, 9.17) is 4.42 Å². The van der Waals surface area contributed by atoms with E-state index in [1.807, 2.05) is 13.0 Å². The second-order valence-corrected chi connectivity index (χ2v) is 3.34. The average molecular weight is 196 g/mol. The van der Waals surface area contributed by atoms with Gasteiger partial charge in [-0.3, -0.25) is 4.79 Å². The number of nitrogens with one attached hydrogen (secondary N) is 1. The van der Waals surface area contributed by atoms with Crippen molar-refractivity contribution in [1.29, 1.82) is 0 Å². The van der Waals surface area contributed by atoms with Gasteiger partial charge < -0.3 is 14.6 Å². The van der Waals surface area contributed by atoms with Gasteiger partial charge in [-0.25, -0.2) is 0 Å². The van der Waals surface area contributed by atoms with Gasteiger partial charge in [-0.2, -0.15) is 0 Å². The Morgan fingerprint density at radius 1 is 1.71 bits per heavy atom. The minimum atomic E-state index is -0.146. The molecule has 0 aromatic carbocycles. The maximum absolute atomic E-state index is 11.6. The number of likely N-dealkylation sites (N-methyl/N-ethyl adjacent to an activating group) is 2. The maximum Gasteiger partial charge on any atom is 0.239 e. The molecule has 0 aliphatic rings. The van der Waals surface area contributed by atoms with Crippen molar-refractivity contribution in [1.82, 2.24) is 10.2 Å². The number of nitrogens with zero attached hydrogens (tertiary/aromatic N) is 1. The van der Waals surface area contributed by atoms with Crippen LogP contribution >= 0.6 is 0 Å². The number of hydrogen-bond acceptors (Lipinski definition) is 3. The molecule has 0 bridgehead atoms. The van der Waals surface area contributed by atoms with Crippen LogP contribution in [0.15, 0.2) is 23.0 Å². The minimum Gasteiger partial charge on any atom is -0.472 e. The number of carbonyl (C=O) groups is 1. The highest BCUT2D eigenvalue weighted by atomic mass is 16.3. The van der Waals surface area contributed by atoms with Crippen LogP contribution in [-0.4, -0.2) is 30.9 Å². The lowest BCUT2D eigenvalue weighted by atomic mass is 10.2. The first-order chi connectivity index (χ1) is 6.65. The molecule has 4 nitrogen and oxygen atoms in total. The van der Waals surface area contributed by atoms with Crippen LogP contribution in [0.3, 0.4) is 0 Å². The van der Waals surface area contributed by atoms with Crippen molar-refractivity contribution >= 4 is 5.91 Å². The standard InChI is InChI=1S/C10H16N2O2/c1-8(11-2)10(13)12(3)6-9-4-5-14-7-9/h4-5,7-8,11H,6H2,1-3H3. The SMILES string of the molecule is CNC(C)C(=O)N(C)Cc1ccoc1. The molecule has 1 heterocycles. The smallest absolute Gasteiger partial charge is 0.239 e. The molecule has 1 atom stereocenters. The van der Waals surface area contributed by atoms with Crippen molar-refractivity contribution in [3.05, 3.63) is 24.2 Å². The highest BCUT2D eigenvalue weighted by Crippen LogP contribution is 2.04. The summed E-state index contributed by atoms with van der Waals surface area (Å²) in [6, 6.07) is 1.71. The summed E-state index contributed by atoms with van der Waals surface area (Å²) in [7, 11) is 3.55. The number of rotatable bonds is 4. The van der Waals surface area contributed by atoms with Crippen LogP contribution < -0.4 is 5.32 Å². The second kappa shape index (κ2) is 4.81. The van der Waals surface area contributed by atoms with Crippen LogP contribution in [0.4, 0.5) is 0 Å². The molecule has 0 saturated carbocycles. The summed E-state index contributed by atoms with van der Waals surface area (Å²) in [5, 5.41) is 2.91. The topological polar surface area (TPSA) is 45.5 Å². The number of hydrogen-bond donors (Lipinski definition) is 1. The Kier molecular flexibility index (Phi) is 3.71. The quantitative estimate of drug-likeness (QED) is 0.776. The van der Waals surface area contributed by atoms with E-state index < -0.39 is 0 Å². The van der Waals surface area contributed by atoms with Crippen molar-refractivity contribution in [2.75, 3.05) is 14.1 Å². The Hall–Kier alpha value is -1.29. The van der Waals surface area contributed by atoms with Crippen molar-refractivity contribution in [3.63, 3.8) is 0 Å². The molecule has 0 aliphatic carbocycles. The first-order valence-electron chi connectivity index (χ1n) is 4.58. The molecule has 0 spiro atoms. The molecule has 4 heteroatoms. The molecule has 1 amide bonds. The molecule has 0 aliphatic heterocycles. The molecular weight excluding hydrogens is 180 g/mol. The summed E-state index contributed by atoms with van der Waals surface area (Å²) in [4.78, 5) is 13.3. The zero-order chi connectivity index (χ0) is 10.6. The van der Waals surface area contributed by atoms with Gasteiger partial charge >= 0.3 is 0 Å². The molecule has 1 aromatic rings. The van der Waals surface area contributed by atoms with Crippen molar-refractivity contribution in [2.45, 2.75) is 19.5 Å². The first-order valence-corrected chi connectivity index (χ1v) is 4.58. The summed E-state index contributed by atoms with van der Waals surface area (Å²) in [5.41, 5.74) is 1.00. The molecule has 1 aromatic heterocycles. The molecule has 1 N–H and O–H groups in total. The van der Waals surface area contributed by atoms with Crippen LogP contribution in [0.5, 0.6) is 0 Å². The number of amides is 1. The maximum atomic E-state index is 11.6. The van der Waals surface area contributed by atoms with Crippen molar-refractivity contribution < 1.29 is 9.21 Å². The molecule has 0 saturated heterocycles. The fraction of sp³-hybridized carbons (Fsp3) is 0.500. The van der Waals surface area contributed by atoms with E-state index in [-0.39, 0.29) is 11.9 Å². The van der Waals surface area contributed by atoms with Gasteiger partial charge in [0.15, 0.2) is 0 Å². The van der Waals surface area contributed by atoms with E-state index in [0.717, 1.165) is 5.56 Å². The molecule has 78 valence electrons. The Labute approximate surface area is 83.9 Å². The molecule has 0 radical (unpaired) electrons. The number of furan rings is 1. The van der Waals surface area contributed by atoms with Gasteiger partial charge in [-0.15, -0.1) is 0 Å². The van der Waals surface area contributed by atoms with Gasteiger partial charge in [0.05, 0.1) is 18.6 Å². The summed E-state index contributed by atoms with van der Waals surface area (Å²) in [6.07, 6.45) is 3.25. The Bertz CT molecular complexity index is 282. The Balaban J connectivity index is 2.50. The van der Waals surface area contributed by atoms with E-state index in [0.29, 0.717) is 6.54 Å². The highest BCUT2D eigenvalue weighted by molar-refractivity contribution is 5.81. The second-order valence-electron chi connectivity index (χ2n) is 3.34. The molecule has 1 rings (SSSR count). The van der Waals surface area contributed by atoms with Crippen LogP contribution in [-0.2, 0) is 11.3 Å². The normalized spacial score (nSPS) is 12.5. The third-order valence-corrected chi connectivity index (χ3v) is 2.18. The third kappa shape index (κ3) is 2.60. The number of carbonyl (C=O) groups excluding carboxylic acids is 1. The predicted octanol–water partition coefficient (Wildman–Crippen LogP) is 0.846. The first kappa shape index (κ1) is 10.8. The lowest BCUT2D eigenvalue weighted by Gasteiger charge is -2.20. The van der Waals surface area contributed by atoms with E-state index >= 15 is 0 Å². The van der Waals surface area contributed by atoms with Gasteiger partial charge in [0.1, 0.15) is 0 Å². The summed E-state index contributed by atoms with van der Waals surface area (Å²) >= 11 is 0. The molecular formula is C10H16N2O2. The van der Waals surface area contributed by atoms with Gasteiger partial charge in [0.2, 0.25) is 5.91 Å². The highest BCUT2D eigenvalue weighted by Gasteiger charge is 2.15. The van der Waals surface area contributed by atoms with Gasteiger partial charge in [0.25, 0.3) is 0 Å². The van der Waals surface area contributed by atoms with Crippen LogP contribution in [0.25, 0.3) is 0 Å². The largest absolute Gasteiger partial charge is 0.472 e. The molecule has 1 unspecified atom stereocenters. The van der Waals surface area contributed by atoms with Gasteiger partial charge in [-0.05, 0) is 20.0 Å². The zero-order valence-corrected chi connectivity index (χ0v) is 8.78. The van der Waals surface area contributed by atoms with Gasteiger partial charge in [-0.1, -0.05) is 0 Å². The lowest BCUT2D eigenvalue weighted by Crippen LogP contribution is -2.41. The predicted molar refractivity (Wildman–Crippen MR) is 53.7 cm³/mol. The summed E-state index contributed by atoms with van der Waals surface area (Å²) in [6.45, 7) is 2.43. The third-order valence-electron chi connectivity index (χ3n) is 2.18. The Morgan fingerprint density at radius 3 is 2.93 bits per heavy atom. The van der Waals surface area contributed by atoms with E-state index in [1.165, 1.54) is 0 Å². The van der Waals surface area contributed by atoms with Crippen molar-refractivity contribution in [3.8, 4) is 0 Å². The fourth-order valence-electron chi connectivity index (χ4n) is 1.19. The molecule has 14 heavy (non-hydrogen) atoms. The van der Waals surface area contributed by atoms with E-state index in [9.17, 15) is 4.79 Å². The van der Waals surface area contributed by atoms with E-state index in [1.54, 1.807) is 31.5 Å². The summed E-state index contributed by atoms with van der Waals surface area (Å²) < 4.78 is 4.93. The van der Waals surface area contributed by atoms with Crippen LogP contribution in [0.2, 0.25) is 0 Å². The lowest BCUT2D eigenvalue weighted by molar-refractivity contribution is -0.132. The average Bonchev–Trinajstić information content (AvgIpc) is 2.68. The van der Waals surface area contributed by atoms with Gasteiger partial charge in [0, 0.05) is 19.2 Å². The monoisotopic (exact) mass is 196 g/mol. The van der Waals surface area contributed by atoms with Crippen LogP contribution in [0.1, 0.15) is 12.5 Å². The van der Waals surface area contributed by atoms with Crippen LogP contribution in [0, 0.1) is 0 Å². The Morgan fingerprint density at radius 2 is 2.43 bits per heavy atom.